The van der Waals surface area contributed by atoms with Crippen molar-refractivity contribution in [1.82, 2.24) is 0 Å². The Hall–Kier alpha value is -1.83. The fourth-order valence-electron chi connectivity index (χ4n) is 22.6. The molecule has 2 aromatic rings. The van der Waals surface area contributed by atoms with E-state index < -0.39 is 10.4 Å². The van der Waals surface area contributed by atoms with Gasteiger partial charge in [-0.2, -0.15) is 9.13 Å². The second-order valence-corrected chi connectivity index (χ2v) is 45.4. The highest BCUT2D eigenvalue weighted by atomic mass is 32.3. The maximum atomic E-state index is 8.52. The molecule has 0 saturated heterocycles. The number of nitrogens with zero attached hydrogens (tertiary/aromatic N) is 2. The summed E-state index contributed by atoms with van der Waals surface area (Å²) in [4.78, 5) is 0. The van der Waals surface area contributed by atoms with Gasteiger partial charge in [0.05, 0.1) is 0 Å². The van der Waals surface area contributed by atoms with Gasteiger partial charge < -0.3 is 9.11 Å². The van der Waals surface area contributed by atoms with Gasteiger partial charge in [-0.1, -0.05) is 610 Å². The van der Waals surface area contributed by atoms with Crippen LogP contribution in [0.5, 0.6) is 0 Å². The maximum Gasteiger partial charge on any atom is 0.185 e. The van der Waals surface area contributed by atoms with Crippen LogP contribution in [-0.4, -0.2) is 17.5 Å². The molecule has 2 aromatic heterocycles. The summed E-state index contributed by atoms with van der Waals surface area (Å²) < 4.78 is 40.3. The Bertz CT molecular complexity index is 2190. The summed E-state index contributed by atoms with van der Waals surface area (Å²) in [6.45, 7) is 30.9. The van der Waals surface area contributed by atoms with E-state index in [0.29, 0.717) is 0 Å². The lowest BCUT2D eigenvalue weighted by atomic mass is 9.85. The summed E-state index contributed by atoms with van der Waals surface area (Å²) in [5.41, 5.74) is 18.9. The molecule has 0 radical (unpaired) electrons. The van der Waals surface area contributed by atoms with E-state index in [1.54, 1.807) is 0 Å². The minimum atomic E-state index is -5.17. The van der Waals surface area contributed by atoms with Gasteiger partial charge in [-0.05, 0) is 127 Å². The Morgan fingerprint density at radius 2 is 0.219 bits per heavy atom. The summed E-state index contributed by atoms with van der Waals surface area (Å²) in [7, 11) is -5.17. The van der Waals surface area contributed by atoms with Gasteiger partial charge in [-0.3, -0.25) is 8.42 Å². The molecule has 137 heavy (non-hydrogen) atoms. The number of unbranched alkanes of at least 4 members (excludes halogenated alkanes) is 84. The third-order valence-corrected chi connectivity index (χ3v) is 31.4. The average molecular weight is 1940 g/mol. The first-order chi connectivity index (χ1) is 67.4. The number of aromatic nitrogens is 2. The van der Waals surface area contributed by atoms with Crippen molar-refractivity contribution in [2.45, 2.75) is 777 Å². The molecular formula is C130H252N2O4S. The molecule has 0 spiro atoms. The second kappa shape index (κ2) is 108. The summed E-state index contributed by atoms with van der Waals surface area (Å²) in [5, 5.41) is 0. The second-order valence-electron chi connectivity index (χ2n) is 44.6. The molecule has 7 heteroatoms. The molecule has 2 rings (SSSR count). The van der Waals surface area contributed by atoms with Crippen molar-refractivity contribution >= 4 is 10.4 Å². The molecule has 6 nitrogen and oxygen atoms in total. The highest BCUT2D eigenvalue weighted by molar-refractivity contribution is 7.79. The van der Waals surface area contributed by atoms with E-state index in [1.807, 2.05) is 56.2 Å². The lowest BCUT2D eigenvalue weighted by Gasteiger charge is -2.23. The maximum absolute atomic E-state index is 8.52. The van der Waals surface area contributed by atoms with E-state index >= 15 is 0 Å². The van der Waals surface area contributed by atoms with Crippen LogP contribution in [0.25, 0.3) is 0 Å². The summed E-state index contributed by atoms with van der Waals surface area (Å²) in [5.74, 6) is 0. The lowest BCUT2D eigenvalue weighted by molar-refractivity contribution is -0.712. The van der Waals surface area contributed by atoms with Crippen LogP contribution >= 0.6 is 0 Å². The SMILES string of the molecule is CCCCCCCCCCc1c(CCCCCCCCCC)c(CCCCCCCCCC)[n+](CCCCCCCCCC)c(CCCCCCCCCC)c1CCCCCCCCCC.CCCCCCCCCCc1c(CCCCCCCCCC)c(CCCCCCCCCC)[n+](CCCCCCCCCC)c(CCCCCCCCCC)c1CCCCCCCCCC.O=S(=O)([O-])[O-]. The van der Waals surface area contributed by atoms with Gasteiger partial charge >= 0.3 is 0 Å². The third-order valence-electron chi connectivity index (χ3n) is 31.4. The molecule has 0 N–H and O–H groups in total. The van der Waals surface area contributed by atoms with Crippen molar-refractivity contribution in [3.05, 3.63) is 56.2 Å². The van der Waals surface area contributed by atoms with Gasteiger partial charge in [0.25, 0.3) is 0 Å². The van der Waals surface area contributed by atoms with Crippen LogP contribution in [0, 0.1) is 0 Å². The molecule has 2 heterocycles. The summed E-state index contributed by atoms with van der Waals surface area (Å²) in [6.07, 6.45) is 151. The third kappa shape index (κ3) is 84.9. The first kappa shape index (κ1) is 135. The summed E-state index contributed by atoms with van der Waals surface area (Å²) >= 11 is 0. The highest BCUT2D eigenvalue weighted by Crippen LogP contribution is 2.34. The molecule has 0 aliphatic carbocycles. The van der Waals surface area contributed by atoms with Crippen molar-refractivity contribution < 1.29 is 26.7 Å². The van der Waals surface area contributed by atoms with Crippen molar-refractivity contribution in [2.24, 2.45) is 0 Å². The van der Waals surface area contributed by atoms with E-state index in [-0.39, 0.29) is 0 Å². The molecular weight excluding hydrogens is 1690 g/mol. The predicted octanol–water partition coefficient (Wildman–Crippen LogP) is 43.7. The molecule has 0 bridgehead atoms. The van der Waals surface area contributed by atoms with E-state index in [4.69, 9.17) is 17.5 Å². The van der Waals surface area contributed by atoms with Crippen LogP contribution in [0.2, 0.25) is 0 Å². The molecule has 812 valence electrons. The van der Waals surface area contributed by atoms with Crippen molar-refractivity contribution in [3.8, 4) is 0 Å². The van der Waals surface area contributed by atoms with Gasteiger partial charge in [0.15, 0.2) is 22.8 Å². The standard InChI is InChI=1S/2C65H126N.H2O4S/c2*1-7-13-19-25-31-37-43-49-55-61-62(56-50-44-38-32-26-20-14-8-2)64(58-52-46-40-34-28-22-16-10-4)66(60-54-48-42-36-30-24-18-12-6)65(59-53-47-41-35-29-23-17-11-5)63(61)57-51-45-39-33-27-21-15-9-3;1-5(2,3)4/h2*7-60H2,1-6H3;(H2,1,2,3,4)/q2*+1;/p-2. The average Bonchev–Trinajstić information content (AvgIpc) is 0.772. The van der Waals surface area contributed by atoms with Crippen LogP contribution in [0.4, 0.5) is 0 Å². The zero-order valence-corrected chi connectivity index (χ0v) is 97.1. The molecule has 0 aromatic carbocycles. The Kier molecular flexibility index (Phi) is 107. The van der Waals surface area contributed by atoms with Crippen LogP contribution in [0.15, 0.2) is 0 Å². The van der Waals surface area contributed by atoms with Gasteiger partial charge in [-0.25, -0.2) is 0 Å². The van der Waals surface area contributed by atoms with Crippen LogP contribution in [-0.2, 0) is 87.7 Å². The zero-order chi connectivity index (χ0) is 99.8. The van der Waals surface area contributed by atoms with Crippen LogP contribution < -0.4 is 9.13 Å². The van der Waals surface area contributed by atoms with Gasteiger partial charge in [0.1, 0.15) is 13.1 Å². The van der Waals surface area contributed by atoms with Gasteiger partial charge in [0.2, 0.25) is 0 Å². The van der Waals surface area contributed by atoms with E-state index in [1.165, 1.54) is 694 Å². The monoisotopic (exact) mass is 1940 g/mol. The molecule has 0 saturated carbocycles. The predicted molar refractivity (Wildman–Crippen MR) is 612 cm³/mol. The smallest absolute Gasteiger partial charge is 0.185 e. The Morgan fingerprint density at radius 1 is 0.131 bits per heavy atom. The number of pyridine rings is 2. The van der Waals surface area contributed by atoms with Gasteiger partial charge in [-0.15, -0.1) is 0 Å². The topological polar surface area (TPSA) is 88.0 Å². The highest BCUT2D eigenvalue weighted by Gasteiger charge is 2.32. The van der Waals surface area contributed by atoms with E-state index in [9.17, 15) is 0 Å². The number of rotatable bonds is 108. The van der Waals surface area contributed by atoms with Gasteiger partial charge in [0, 0.05) is 71.2 Å². The van der Waals surface area contributed by atoms with Crippen LogP contribution in [0.3, 0.4) is 0 Å². The largest absolute Gasteiger partial charge is 0.759 e. The molecule has 0 atom stereocenters. The Balaban J connectivity index is 0.00000257. The lowest BCUT2D eigenvalue weighted by Crippen LogP contribution is -2.46. The quantitative estimate of drug-likeness (QED) is 0.0286. The zero-order valence-electron chi connectivity index (χ0n) is 96.3. The summed E-state index contributed by atoms with van der Waals surface area (Å²) in [6, 6.07) is 0. The molecule has 0 aliphatic heterocycles. The molecule has 0 unspecified atom stereocenters. The molecule has 0 amide bonds. The van der Waals surface area contributed by atoms with Crippen molar-refractivity contribution in [2.75, 3.05) is 0 Å². The molecule has 0 aliphatic rings. The minimum absolute atomic E-state index is 1.29. The van der Waals surface area contributed by atoms with E-state index in [0.717, 1.165) is 0 Å². The first-order valence-corrected chi connectivity index (χ1v) is 65.5. The number of hydrogen-bond acceptors (Lipinski definition) is 4. The fraction of sp³-hybridized carbons (Fsp3) is 0.923. The van der Waals surface area contributed by atoms with Crippen molar-refractivity contribution in [1.29, 1.82) is 0 Å². The Morgan fingerprint density at radius 3 is 0.336 bits per heavy atom. The van der Waals surface area contributed by atoms with Crippen molar-refractivity contribution in [3.63, 3.8) is 0 Å². The van der Waals surface area contributed by atoms with E-state index in [2.05, 4.69) is 92.2 Å². The fourth-order valence-corrected chi connectivity index (χ4v) is 22.6. The first-order valence-electron chi connectivity index (χ1n) is 64.2. The number of hydrogen-bond donors (Lipinski definition) is 0. The Labute approximate surface area is 864 Å². The molecule has 0 fully saturated rings. The normalized spacial score (nSPS) is 11.7. The van der Waals surface area contributed by atoms with Crippen LogP contribution in [0.1, 0.15) is 756 Å². The minimum Gasteiger partial charge on any atom is -0.759 e.